The van der Waals surface area contributed by atoms with Gasteiger partial charge >= 0.3 is 0 Å². The first-order chi connectivity index (χ1) is 13.5. The number of carbonyl (C=O) groups excluding carboxylic acids is 2. The van der Waals surface area contributed by atoms with Gasteiger partial charge in [0.15, 0.2) is 0 Å². The van der Waals surface area contributed by atoms with E-state index < -0.39 is 5.91 Å². The SMILES string of the molecule is CCCOc1ccc(C(=O)NCC(=O)N/N=C\c2ccc(N(C)C)cc2)cc1. The minimum atomic E-state index is -0.405. The number of amides is 2. The van der Waals surface area contributed by atoms with Gasteiger partial charge in [-0.05, 0) is 48.4 Å². The van der Waals surface area contributed by atoms with E-state index in [0.29, 0.717) is 17.9 Å². The van der Waals surface area contributed by atoms with E-state index in [-0.39, 0.29) is 12.5 Å². The van der Waals surface area contributed by atoms with Gasteiger partial charge in [0.25, 0.3) is 11.8 Å². The second-order valence-electron chi connectivity index (χ2n) is 6.33. The molecule has 2 aromatic carbocycles. The van der Waals surface area contributed by atoms with Gasteiger partial charge in [0.1, 0.15) is 5.75 Å². The number of ether oxygens (including phenoxy) is 1. The highest BCUT2D eigenvalue weighted by Crippen LogP contribution is 2.12. The van der Waals surface area contributed by atoms with Crippen molar-refractivity contribution < 1.29 is 14.3 Å². The van der Waals surface area contributed by atoms with E-state index in [0.717, 1.165) is 17.7 Å². The number of rotatable bonds is 9. The van der Waals surface area contributed by atoms with Crippen molar-refractivity contribution in [3.63, 3.8) is 0 Å². The lowest BCUT2D eigenvalue weighted by Gasteiger charge is -2.11. The van der Waals surface area contributed by atoms with Gasteiger partial charge in [-0.25, -0.2) is 5.43 Å². The third-order valence-corrected chi connectivity index (χ3v) is 3.81. The molecule has 0 heterocycles. The maximum Gasteiger partial charge on any atom is 0.259 e. The lowest BCUT2D eigenvalue weighted by molar-refractivity contribution is -0.120. The second-order valence-corrected chi connectivity index (χ2v) is 6.33. The molecule has 28 heavy (non-hydrogen) atoms. The fraction of sp³-hybridized carbons (Fsp3) is 0.286. The molecule has 0 fully saturated rings. The van der Waals surface area contributed by atoms with E-state index in [2.05, 4.69) is 15.8 Å². The predicted molar refractivity (Wildman–Crippen MR) is 111 cm³/mol. The Hall–Kier alpha value is -3.35. The summed E-state index contributed by atoms with van der Waals surface area (Å²) in [5.41, 5.74) is 4.79. The highest BCUT2D eigenvalue weighted by Gasteiger charge is 2.07. The van der Waals surface area contributed by atoms with Crippen molar-refractivity contribution in [3.8, 4) is 5.75 Å². The van der Waals surface area contributed by atoms with Crippen LogP contribution in [0.25, 0.3) is 0 Å². The third-order valence-electron chi connectivity index (χ3n) is 3.81. The Bertz CT molecular complexity index is 799. The van der Waals surface area contributed by atoms with Crippen LogP contribution in [-0.4, -0.2) is 45.3 Å². The zero-order valence-electron chi connectivity index (χ0n) is 16.4. The Kier molecular flexibility index (Phi) is 8.02. The van der Waals surface area contributed by atoms with E-state index in [1.165, 1.54) is 0 Å². The summed E-state index contributed by atoms with van der Waals surface area (Å²) in [4.78, 5) is 25.9. The van der Waals surface area contributed by atoms with Crippen molar-refractivity contribution in [3.05, 3.63) is 59.7 Å². The number of nitrogens with zero attached hydrogens (tertiary/aromatic N) is 2. The first-order valence-electron chi connectivity index (χ1n) is 9.10. The number of hydrazone groups is 1. The largest absolute Gasteiger partial charge is 0.494 e. The Morgan fingerprint density at radius 1 is 1.07 bits per heavy atom. The fourth-order valence-electron chi connectivity index (χ4n) is 2.26. The average Bonchev–Trinajstić information content (AvgIpc) is 2.71. The molecule has 0 aliphatic rings. The molecule has 7 heteroatoms. The monoisotopic (exact) mass is 382 g/mol. The molecule has 2 amide bonds. The smallest absolute Gasteiger partial charge is 0.259 e. The minimum Gasteiger partial charge on any atom is -0.494 e. The first-order valence-corrected chi connectivity index (χ1v) is 9.10. The van der Waals surface area contributed by atoms with Gasteiger partial charge in [-0.1, -0.05) is 19.1 Å². The van der Waals surface area contributed by atoms with Gasteiger partial charge < -0.3 is 15.0 Å². The predicted octanol–water partition coefficient (Wildman–Crippen LogP) is 2.42. The van der Waals surface area contributed by atoms with Gasteiger partial charge in [0, 0.05) is 25.3 Å². The molecule has 0 saturated carbocycles. The van der Waals surface area contributed by atoms with Crippen LogP contribution in [0, 0.1) is 0 Å². The molecule has 0 saturated heterocycles. The average molecular weight is 382 g/mol. The Labute approximate surface area is 165 Å². The molecule has 0 unspecified atom stereocenters. The summed E-state index contributed by atoms with van der Waals surface area (Å²) >= 11 is 0. The lowest BCUT2D eigenvalue weighted by atomic mass is 10.2. The molecule has 0 spiro atoms. The van der Waals surface area contributed by atoms with Crippen LogP contribution >= 0.6 is 0 Å². The molecule has 148 valence electrons. The molecule has 0 aromatic heterocycles. The maximum atomic E-state index is 12.1. The summed E-state index contributed by atoms with van der Waals surface area (Å²) < 4.78 is 5.47. The van der Waals surface area contributed by atoms with Crippen LogP contribution in [0.3, 0.4) is 0 Å². The minimum absolute atomic E-state index is 0.163. The molecule has 0 bridgehead atoms. The highest BCUT2D eigenvalue weighted by atomic mass is 16.5. The summed E-state index contributed by atoms with van der Waals surface area (Å²) in [6.45, 7) is 2.49. The lowest BCUT2D eigenvalue weighted by Crippen LogP contribution is -2.34. The van der Waals surface area contributed by atoms with E-state index in [1.807, 2.05) is 50.2 Å². The van der Waals surface area contributed by atoms with Crippen LogP contribution in [0.5, 0.6) is 5.75 Å². The van der Waals surface area contributed by atoms with Crippen molar-refractivity contribution >= 4 is 23.7 Å². The normalized spacial score (nSPS) is 10.5. The van der Waals surface area contributed by atoms with Crippen molar-refractivity contribution in [2.75, 3.05) is 32.1 Å². The van der Waals surface area contributed by atoms with Gasteiger partial charge in [-0.2, -0.15) is 5.10 Å². The van der Waals surface area contributed by atoms with Crippen LogP contribution in [-0.2, 0) is 4.79 Å². The second kappa shape index (κ2) is 10.7. The van der Waals surface area contributed by atoms with E-state index in [4.69, 9.17) is 4.74 Å². The zero-order valence-corrected chi connectivity index (χ0v) is 16.4. The van der Waals surface area contributed by atoms with Crippen LogP contribution in [0.15, 0.2) is 53.6 Å². The number of hydrogen-bond acceptors (Lipinski definition) is 5. The van der Waals surface area contributed by atoms with Gasteiger partial charge in [0.05, 0.1) is 19.4 Å². The van der Waals surface area contributed by atoms with Gasteiger partial charge in [0.2, 0.25) is 0 Å². The topological polar surface area (TPSA) is 83.0 Å². The summed E-state index contributed by atoms with van der Waals surface area (Å²) in [6.07, 6.45) is 2.47. The molecule has 2 aromatic rings. The van der Waals surface area contributed by atoms with Crippen molar-refractivity contribution in [1.29, 1.82) is 0 Å². The number of hydrogen-bond donors (Lipinski definition) is 2. The fourth-order valence-corrected chi connectivity index (χ4v) is 2.26. The quantitative estimate of drug-likeness (QED) is 0.515. The Morgan fingerprint density at radius 2 is 1.75 bits per heavy atom. The summed E-state index contributed by atoms with van der Waals surface area (Å²) in [5.74, 6) is -0.0260. The Morgan fingerprint density at radius 3 is 2.36 bits per heavy atom. The molecular formula is C21H26N4O3. The summed E-state index contributed by atoms with van der Waals surface area (Å²) in [5, 5.41) is 6.46. The molecule has 2 rings (SSSR count). The number of nitrogens with one attached hydrogen (secondary N) is 2. The van der Waals surface area contributed by atoms with E-state index in [1.54, 1.807) is 30.5 Å². The molecule has 0 radical (unpaired) electrons. The molecule has 0 atom stereocenters. The standard InChI is InChI=1S/C21H26N4O3/c1-4-13-28-19-11-7-17(8-12-19)21(27)22-15-20(26)24-23-14-16-5-9-18(10-6-16)25(2)3/h5-12,14H,4,13,15H2,1-3H3,(H,22,27)(H,24,26)/b23-14-. The third kappa shape index (κ3) is 6.75. The molecule has 0 aliphatic heterocycles. The molecular weight excluding hydrogens is 356 g/mol. The van der Waals surface area contributed by atoms with Crippen LogP contribution in [0.1, 0.15) is 29.3 Å². The highest BCUT2D eigenvalue weighted by molar-refractivity contribution is 5.96. The number of carbonyl (C=O) groups is 2. The van der Waals surface area contributed by atoms with E-state index in [9.17, 15) is 9.59 Å². The Balaban J connectivity index is 1.76. The van der Waals surface area contributed by atoms with Crippen molar-refractivity contribution in [2.24, 2.45) is 5.10 Å². The number of anilines is 1. The van der Waals surface area contributed by atoms with E-state index >= 15 is 0 Å². The van der Waals surface area contributed by atoms with Crippen LogP contribution in [0.4, 0.5) is 5.69 Å². The van der Waals surface area contributed by atoms with Gasteiger partial charge in [-0.15, -0.1) is 0 Å². The summed E-state index contributed by atoms with van der Waals surface area (Å²) in [6, 6.07) is 14.5. The molecule has 2 N–H and O–H groups in total. The molecule has 7 nitrogen and oxygen atoms in total. The first kappa shape index (κ1) is 21.0. The van der Waals surface area contributed by atoms with Crippen molar-refractivity contribution in [2.45, 2.75) is 13.3 Å². The van der Waals surface area contributed by atoms with Crippen LogP contribution < -0.4 is 20.4 Å². The van der Waals surface area contributed by atoms with Gasteiger partial charge in [-0.3, -0.25) is 9.59 Å². The van der Waals surface area contributed by atoms with Crippen LogP contribution in [0.2, 0.25) is 0 Å². The van der Waals surface area contributed by atoms with Crippen molar-refractivity contribution in [1.82, 2.24) is 10.7 Å². The zero-order chi connectivity index (χ0) is 20.4. The number of benzene rings is 2. The summed E-state index contributed by atoms with van der Waals surface area (Å²) in [7, 11) is 3.93. The maximum absolute atomic E-state index is 12.1. The molecule has 0 aliphatic carbocycles.